The molecule has 3 rings (SSSR count). The van der Waals surface area contributed by atoms with Crippen molar-refractivity contribution in [3.05, 3.63) is 67.6 Å². The van der Waals surface area contributed by atoms with E-state index in [1.54, 1.807) is 30.3 Å². The number of fused-ring (bicyclic) bond motifs is 1. The zero-order valence-corrected chi connectivity index (χ0v) is 17.2. The minimum absolute atomic E-state index is 0.284. The number of carbonyl (C=O) groups is 1. The Balaban J connectivity index is 2.08. The summed E-state index contributed by atoms with van der Waals surface area (Å²) in [6, 6.07) is 10.1. The summed E-state index contributed by atoms with van der Waals surface area (Å²) in [5.74, 6) is 0.277. The predicted octanol–water partition coefficient (Wildman–Crippen LogP) is 3.12. The number of aryl methyl sites for hydroxylation is 1. The van der Waals surface area contributed by atoms with E-state index in [2.05, 4.69) is 26.0 Å². The number of hydrogen-bond acceptors (Lipinski definition) is 5. The van der Waals surface area contributed by atoms with Crippen LogP contribution in [0.1, 0.15) is 18.3 Å². The lowest BCUT2D eigenvalue weighted by atomic mass is 10.2. The summed E-state index contributed by atoms with van der Waals surface area (Å²) in [6.07, 6.45) is 1.95. The van der Waals surface area contributed by atoms with Crippen molar-refractivity contribution >= 4 is 50.6 Å². The molecule has 0 radical (unpaired) electrons. The highest BCUT2D eigenvalue weighted by atomic mass is 79.9. The minimum atomic E-state index is -0.605. The van der Waals surface area contributed by atoms with Crippen molar-refractivity contribution in [3.63, 3.8) is 0 Å². The van der Waals surface area contributed by atoms with Crippen LogP contribution in [0, 0.1) is 0 Å². The molecule has 7 nitrogen and oxygen atoms in total. The van der Waals surface area contributed by atoms with Crippen LogP contribution in [0.4, 0.5) is 0 Å². The van der Waals surface area contributed by atoms with Gasteiger partial charge in [0.1, 0.15) is 11.6 Å². The molecule has 28 heavy (non-hydrogen) atoms. The SMILES string of the molecule is CCc1nc2ccc(Br)cc2c(=O)n1N=Cc1cc(Cl)ccc1OCC(N)=O. The summed E-state index contributed by atoms with van der Waals surface area (Å²) >= 11 is 9.42. The standard InChI is InChI=1S/C19H16BrClN4O3/c1-2-18-24-15-5-3-12(20)8-14(15)19(27)25(18)23-9-11-7-13(21)4-6-16(11)28-10-17(22)26/h3-9H,2,10H2,1H3,(H2,22,26). The average molecular weight is 464 g/mol. The molecule has 144 valence electrons. The first-order valence-electron chi connectivity index (χ1n) is 8.35. The van der Waals surface area contributed by atoms with Crippen molar-refractivity contribution in [1.82, 2.24) is 9.66 Å². The van der Waals surface area contributed by atoms with E-state index >= 15 is 0 Å². The summed E-state index contributed by atoms with van der Waals surface area (Å²) in [5, 5.41) is 5.20. The number of carbonyl (C=O) groups excluding carboxylic acids is 1. The predicted molar refractivity (Wildman–Crippen MR) is 112 cm³/mol. The molecule has 0 bridgehead atoms. The summed E-state index contributed by atoms with van der Waals surface area (Å²) in [5.41, 5.74) is 5.94. The fourth-order valence-corrected chi connectivity index (χ4v) is 3.10. The Labute approximate surface area is 173 Å². The summed E-state index contributed by atoms with van der Waals surface area (Å²) < 4.78 is 7.40. The number of nitrogens with two attached hydrogens (primary N) is 1. The Morgan fingerprint density at radius 1 is 1.36 bits per heavy atom. The normalized spacial score (nSPS) is 11.2. The quantitative estimate of drug-likeness (QED) is 0.568. The van der Waals surface area contributed by atoms with Crippen LogP contribution in [0.5, 0.6) is 5.75 Å². The van der Waals surface area contributed by atoms with Crippen LogP contribution in [-0.2, 0) is 11.2 Å². The molecular weight excluding hydrogens is 448 g/mol. The molecule has 1 amide bonds. The molecule has 0 spiro atoms. The van der Waals surface area contributed by atoms with E-state index in [9.17, 15) is 9.59 Å². The molecule has 0 saturated carbocycles. The highest BCUT2D eigenvalue weighted by Crippen LogP contribution is 2.22. The second-order valence-corrected chi connectivity index (χ2v) is 7.19. The van der Waals surface area contributed by atoms with Gasteiger partial charge in [0.05, 0.1) is 17.1 Å². The summed E-state index contributed by atoms with van der Waals surface area (Å²) in [4.78, 5) is 28.4. The van der Waals surface area contributed by atoms with Crippen LogP contribution in [0.25, 0.3) is 10.9 Å². The maximum Gasteiger partial charge on any atom is 0.282 e. The van der Waals surface area contributed by atoms with Crippen LogP contribution < -0.4 is 16.0 Å². The van der Waals surface area contributed by atoms with Gasteiger partial charge in [-0.1, -0.05) is 34.5 Å². The molecule has 9 heteroatoms. The molecule has 0 aliphatic heterocycles. The molecule has 0 aliphatic rings. The summed E-state index contributed by atoms with van der Waals surface area (Å²) in [7, 11) is 0. The van der Waals surface area contributed by atoms with Crippen molar-refractivity contribution < 1.29 is 9.53 Å². The molecule has 0 atom stereocenters. The number of rotatable bonds is 6. The van der Waals surface area contributed by atoms with Gasteiger partial charge in [-0.15, -0.1) is 0 Å². The first-order chi connectivity index (χ1) is 13.4. The molecule has 2 aromatic carbocycles. The van der Waals surface area contributed by atoms with E-state index in [4.69, 9.17) is 22.1 Å². The van der Waals surface area contributed by atoms with Crippen LogP contribution in [-0.4, -0.2) is 28.4 Å². The van der Waals surface area contributed by atoms with Gasteiger partial charge < -0.3 is 10.5 Å². The van der Waals surface area contributed by atoms with Gasteiger partial charge in [0.15, 0.2) is 6.61 Å². The van der Waals surface area contributed by atoms with Gasteiger partial charge in [0.2, 0.25) is 0 Å². The first kappa shape index (κ1) is 20.0. The van der Waals surface area contributed by atoms with Crippen molar-refractivity contribution in [1.29, 1.82) is 0 Å². The van der Waals surface area contributed by atoms with Gasteiger partial charge in [0.25, 0.3) is 11.5 Å². The minimum Gasteiger partial charge on any atom is -0.483 e. The van der Waals surface area contributed by atoms with Crippen molar-refractivity contribution in [2.75, 3.05) is 6.61 Å². The Morgan fingerprint density at radius 3 is 2.86 bits per heavy atom. The van der Waals surface area contributed by atoms with Crippen LogP contribution in [0.15, 0.2) is 50.8 Å². The Kier molecular flexibility index (Phi) is 6.11. The first-order valence-corrected chi connectivity index (χ1v) is 9.52. The Morgan fingerprint density at radius 2 is 2.14 bits per heavy atom. The average Bonchev–Trinajstić information content (AvgIpc) is 2.66. The molecule has 2 N–H and O–H groups in total. The lowest BCUT2D eigenvalue weighted by Crippen LogP contribution is -2.22. The maximum absolute atomic E-state index is 12.9. The third-order valence-corrected chi connectivity index (χ3v) is 4.57. The van der Waals surface area contributed by atoms with Gasteiger partial charge in [-0.25, -0.2) is 4.98 Å². The zero-order chi connectivity index (χ0) is 20.3. The molecule has 3 aromatic rings. The lowest BCUT2D eigenvalue weighted by molar-refractivity contribution is -0.119. The van der Waals surface area contributed by atoms with E-state index in [-0.39, 0.29) is 12.2 Å². The lowest BCUT2D eigenvalue weighted by Gasteiger charge is -2.09. The number of halogens is 2. The molecule has 0 fully saturated rings. The van der Waals surface area contributed by atoms with E-state index in [0.717, 1.165) is 4.47 Å². The topological polar surface area (TPSA) is 99.6 Å². The van der Waals surface area contributed by atoms with Crippen LogP contribution in [0.3, 0.4) is 0 Å². The largest absolute Gasteiger partial charge is 0.483 e. The number of nitrogens with zero attached hydrogens (tertiary/aromatic N) is 3. The number of hydrogen-bond donors (Lipinski definition) is 1. The maximum atomic E-state index is 12.9. The highest BCUT2D eigenvalue weighted by Gasteiger charge is 2.10. The van der Waals surface area contributed by atoms with Gasteiger partial charge >= 0.3 is 0 Å². The van der Waals surface area contributed by atoms with E-state index < -0.39 is 5.91 Å². The van der Waals surface area contributed by atoms with E-state index in [0.29, 0.717) is 39.5 Å². The number of primary amides is 1. The fraction of sp³-hybridized carbons (Fsp3) is 0.158. The molecule has 1 aromatic heterocycles. The molecule has 1 heterocycles. The third-order valence-electron chi connectivity index (χ3n) is 3.85. The number of ether oxygens (including phenoxy) is 1. The smallest absolute Gasteiger partial charge is 0.282 e. The molecule has 0 saturated heterocycles. The van der Waals surface area contributed by atoms with Gasteiger partial charge in [-0.3, -0.25) is 9.59 Å². The number of amides is 1. The van der Waals surface area contributed by atoms with Crippen molar-refractivity contribution in [2.45, 2.75) is 13.3 Å². The van der Waals surface area contributed by atoms with Gasteiger partial charge in [-0.2, -0.15) is 9.78 Å². The molecule has 0 unspecified atom stereocenters. The van der Waals surface area contributed by atoms with Crippen LogP contribution in [0.2, 0.25) is 5.02 Å². The van der Waals surface area contributed by atoms with E-state index in [1.165, 1.54) is 10.9 Å². The number of benzene rings is 2. The number of aromatic nitrogens is 2. The second-order valence-electron chi connectivity index (χ2n) is 5.84. The summed E-state index contributed by atoms with van der Waals surface area (Å²) in [6.45, 7) is 1.60. The molecular formula is C19H16BrClN4O3. The van der Waals surface area contributed by atoms with Crippen LogP contribution >= 0.6 is 27.5 Å². The van der Waals surface area contributed by atoms with Gasteiger partial charge in [-0.05, 0) is 36.4 Å². The zero-order valence-electron chi connectivity index (χ0n) is 14.9. The Hall–Kier alpha value is -2.71. The molecule has 0 aliphatic carbocycles. The Bertz CT molecular complexity index is 1140. The van der Waals surface area contributed by atoms with Crippen molar-refractivity contribution in [2.24, 2.45) is 10.8 Å². The fourth-order valence-electron chi connectivity index (χ4n) is 2.56. The second kappa shape index (κ2) is 8.53. The highest BCUT2D eigenvalue weighted by molar-refractivity contribution is 9.10. The third kappa shape index (κ3) is 4.40. The van der Waals surface area contributed by atoms with Crippen molar-refractivity contribution in [3.8, 4) is 5.75 Å². The van der Waals surface area contributed by atoms with E-state index in [1.807, 2.05) is 13.0 Å². The van der Waals surface area contributed by atoms with Gasteiger partial charge in [0, 0.05) is 21.5 Å². The monoisotopic (exact) mass is 462 g/mol.